The third kappa shape index (κ3) is 2.69. The van der Waals surface area contributed by atoms with Crippen molar-refractivity contribution in [3.63, 3.8) is 0 Å². The Morgan fingerprint density at radius 3 is 2.86 bits per heavy atom. The van der Waals surface area contributed by atoms with E-state index in [0.29, 0.717) is 5.56 Å². The zero-order valence-corrected chi connectivity index (χ0v) is 7.83. The fraction of sp³-hybridized carbons (Fsp3) is 0.182. The topological polar surface area (TPSA) is 37.3 Å². The van der Waals surface area contributed by atoms with Crippen molar-refractivity contribution in [3.8, 4) is 0 Å². The van der Waals surface area contributed by atoms with E-state index in [2.05, 4.69) is 0 Å². The van der Waals surface area contributed by atoms with Crippen LogP contribution >= 0.6 is 0 Å². The summed E-state index contributed by atoms with van der Waals surface area (Å²) >= 11 is 0. The molecule has 0 heterocycles. The van der Waals surface area contributed by atoms with Gasteiger partial charge in [0, 0.05) is 5.56 Å². The van der Waals surface area contributed by atoms with Crippen LogP contribution in [-0.2, 0) is 4.79 Å². The molecule has 0 aliphatic carbocycles. The molecule has 1 aromatic carbocycles. The number of rotatable bonds is 3. The second kappa shape index (κ2) is 4.56. The highest BCUT2D eigenvalue weighted by Crippen LogP contribution is 2.14. The molecular weight excluding hydrogens is 183 g/mol. The summed E-state index contributed by atoms with van der Waals surface area (Å²) in [6.45, 7) is 1.78. The van der Waals surface area contributed by atoms with E-state index in [0.717, 1.165) is 5.56 Å². The molecule has 0 aromatic heterocycles. The van der Waals surface area contributed by atoms with E-state index in [9.17, 15) is 9.18 Å². The lowest BCUT2D eigenvalue weighted by Crippen LogP contribution is -1.91. The third-order valence-corrected chi connectivity index (χ3v) is 1.85. The van der Waals surface area contributed by atoms with E-state index in [-0.39, 0.29) is 12.2 Å². The highest BCUT2D eigenvalue weighted by atomic mass is 19.1. The van der Waals surface area contributed by atoms with E-state index >= 15 is 0 Å². The molecule has 0 unspecified atom stereocenters. The quantitative estimate of drug-likeness (QED) is 0.803. The lowest BCUT2D eigenvalue weighted by Gasteiger charge is -2.00. The summed E-state index contributed by atoms with van der Waals surface area (Å²) in [4.78, 5) is 10.2. The average molecular weight is 194 g/mol. The lowest BCUT2D eigenvalue weighted by molar-refractivity contribution is -0.135. The normalized spacial score (nSPS) is 10.7. The van der Waals surface area contributed by atoms with Gasteiger partial charge >= 0.3 is 5.97 Å². The largest absolute Gasteiger partial charge is 0.481 e. The minimum Gasteiger partial charge on any atom is -0.481 e. The second-order valence-corrected chi connectivity index (χ2v) is 2.97. The van der Waals surface area contributed by atoms with Crippen molar-refractivity contribution in [2.45, 2.75) is 13.3 Å². The maximum Gasteiger partial charge on any atom is 0.307 e. The smallest absolute Gasteiger partial charge is 0.307 e. The van der Waals surface area contributed by atoms with Crippen LogP contribution in [0.5, 0.6) is 0 Å². The fourth-order valence-electron chi connectivity index (χ4n) is 1.13. The Morgan fingerprint density at radius 1 is 1.57 bits per heavy atom. The van der Waals surface area contributed by atoms with Crippen molar-refractivity contribution in [2.75, 3.05) is 0 Å². The Bertz CT molecular complexity index is 349. The van der Waals surface area contributed by atoms with Crippen LogP contribution < -0.4 is 0 Å². The van der Waals surface area contributed by atoms with Gasteiger partial charge in [0.1, 0.15) is 5.82 Å². The highest BCUT2D eigenvalue weighted by Gasteiger charge is 2.00. The summed E-state index contributed by atoms with van der Waals surface area (Å²) < 4.78 is 13.2. The molecule has 1 rings (SSSR count). The van der Waals surface area contributed by atoms with Gasteiger partial charge in [-0.15, -0.1) is 0 Å². The van der Waals surface area contributed by atoms with Crippen molar-refractivity contribution in [2.24, 2.45) is 0 Å². The first-order chi connectivity index (χ1) is 6.61. The molecule has 1 N–H and O–H groups in total. The van der Waals surface area contributed by atoms with Gasteiger partial charge < -0.3 is 5.11 Å². The van der Waals surface area contributed by atoms with Gasteiger partial charge in [-0.2, -0.15) is 0 Å². The monoisotopic (exact) mass is 194 g/mol. The summed E-state index contributed by atoms with van der Waals surface area (Å²) in [5, 5.41) is 8.39. The molecule has 0 spiro atoms. The highest BCUT2D eigenvalue weighted by molar-refractivity contribution is 5.70. The number of benzene rings is 1. The van der Waals surface area contributed by atoms with Crippen LogP contribution in [0.3, 0.4) is 0 Å². The second-order valence-electron chi connectivity index (χ2n) is 2.97. The number of aryl methyl sites for hydroxylation is 1. The minimum absolute atomic E-state index is 0.0895. The maximum atomic E-state index is 13.2. The zero-order valence-electron chi connectivity index (χ0n) is 7.83. The number of hydrogen-bond acceptors (Lipinski definition) is 1. The molecule has 0 bridgehead atoms. The predicted molar refractivity (Wildman–Crippen MR) is 52.4 cm³/mol. The van der Waals surface area contributed by atoms with Crippen LogP contribution in [0.25, 0.3) is 6.08 Å². The number of halogens is 1. The number of hydrogen-bond donors (Lipinski definition) is 1. The molecule has 0 aliphatic heterocycles. The van der Waals surface area contributed by atoms with Crippen LogP contribution in [0, 0.1) is 12.7 Å². The Morgan fingerprint density at radius 2 is 2.29 bits per heavy atom. The lowest BCUT2D eigenvalue weighted by atomic mass is 10.1. The molecule has 0 saturated heterocycles. The molecule has 74 valence electrons. The van der Waals surface area contributed by atoms with Gasteiger partial charge in [0.2, 0.25) is 0 Å². The summed E-state index contributed by atoms with van der Waals surface area (Å²) in [6.07, 6.45) is 2.85. The van der Waals surface area contributed by atoms with Gasteiger partial charge in [-0.3, -0.25) is 4.79 Å². The van der Waals surface area contributed by atoms with E-state index < -0.39 is 5.97 Å². The molecule has 0 amide bonds. The number of carboxylic acids is 1. The Balaban J connectivity index is 2.85. The summed E-state index contributed by atoms with van der Waals surface area (Å²) in [6, 6.07) is 4.76. The van der Waals surface area contributed by atoms with Crippen LogP contribution in [0.15, 0.2) is 24.3 Å². The SMILES string of the molecule is Cc1cccc(F)c1C=CCC(=O)O. The minimum atomic E-state index is -0.921. The molecule has 0 fully saturated rings. The van der Waals surface area contributed by atoms with Crippen LogP contribution in [0.2, 0.25) is 0 Å². The molecule has 14 heavy (non-hydrogen) atoms. The first kappa shape index (κ1) is 10.4. The first-order valence-corrected chi connectivity index (χ1v) is 4.24. The predicted octanol–water partition coefficient (Wildman–Crippen LogP) is 2.62. The molecule has 2 nitrogen and oxygen atoms in total. The van der Waals surface area contributed by atoms with E-state index in [1.807, 2.05) is 0 Å². The molecule has 0 aliphatic rings. The zero-order chi connectivity index (χ0) is 10.6. The van der Waals surface area contributed by atoms with Crippen molar-refractivity contribution in [3.05, 3.63) is 41.2 Å². The van der Waals surface area contributed by atoms with Crippen molar-refractivity contribution < 1.29 is 14.3 Å². The number of aliphatic carboxylic acids is 1. The summed E-state index contributed by atoms with van der Waals surface area (Å²) in [5.41, 5.74) is 1.25. The first-order valence-electron chi connectivity index (χ1n) is 4.24. The van der Waals surface area contributed by atoms with Crippen LogP contribution in [0.1, 0.15) is 17.5 Å². The Kier molecular flexibility index (Phi) is 3.40. The van der Waals surface area contributed by atoms with Crippen molar-refractivity contribution in [1.82, 2.24) is 0 Å². The van der Waals surface area contributed by atoms with Gasteiger partial charge in [-0.1, -0.05) is 24.3 Å². The standard InChI is InChI=1S/C11H11FO2/c1-8-4-2-6-10(12)9(8)5-3-7-11(13)14/h2-6H,7H2,1H3,(H,13,14). The fourth-order valence-corrected chi connectivity index (χ4v) is 1.13. The van der Waals surface area contributed by atoms with E-state index in [1.165, 1.54) is 18.2 Å². The van der Waals surface area contributed by atoms with Gasteiger partial charge in [0.15, 0.2) is 0 Å². The molecule has 0 radical (unpaired) electrons. The van der Waals surface area contributed by atoms with Gasteiger partial charge in [0.05, 0.1) is 6.42 Å². The molecule has 0 saturated carbocycles. The van der Waals surface area contributed by atoms with E-state index in [4.69, 9.17) is 5.11 Å². The van der Waals surface area contributed by atoms with E-state index in [1.54, 1.807) is 19.1 Å². The third-order valence-electron chi connectivity index (χ3n) is 1.85. The number of carbonyl (C=O) groups is 1. The molecular formula is C11H11FO2. The maximum absolute atomic E-state index is 13.2. The molecule has 1 aromatic rings. The Hall–Kier alpha value is -1.64. The molecule has 3 heteroatoms. The van der Waals surface area contributed by atoms with Gasteiger partial charge in [-0.25, -0.2) is 4.39 Å². The number of carboxylic acid groups (broad SMARTS) is 1. The average Bonchev–Trinajstić information content (AvgIpc) is 2.09. The van der Waals surface area contributed by atoms with Crippen molar-refractivity contribution in [1.29, 1.82) is 0 Å². The van der Waals surface area contributed by atoms with Crippen LogP contribution in [-0.4, -0.2) is 11.1 Å². The van der Waals surface area contributed by atoms with Gasteiger partial charge in [-0.05, 0) is 18.6 Å². The molecule has 0 atom stereocenters. The van der Waals surface area contributed by atoms with Crippen molar-refractivity contribution >= 4 is 12.0 Å². The summed E-state index contributed by atoms with van der Waals surface area (Å²) in [7, 11) is 0. The van der Waals surface area contributed by atoms with Crippen LogP contribution in [0.4, 0.5) is 4.39 Å². The van der Waals surface area contributed by atoms with Gasteiger partial charge in [0.25, 0.3) is 0 Å². The summed E-state index contributed by atoms with van der Waals surface area (Å²) in [5.74, 6) is -1.25. The Labute approximate surface area is 81.7 Å².